The molecule has 1 aliphatic rings. The van der Waals surface area contributed by atoms with Gasteiger partial charge < -0.3 is 14.8 Å². The van der Waals surface area contributed by atoms with Crippen LogP contribution in [-0.4, -0.2) is 47.2 Å². The summed E-state index contributed by atoms with van der Waals surface area (Å²) < 4.78 is 2.17. The molecular weight excluding hydrogens is 200 g/mol. The van der Waals surface area contributed by atoms with Crippen LogP contribution < -0.4 is 5.32 Å². The SMILES string of the molecule is CC(C)n1cnc(CCN2CCNCC2)c1. The molecule has 1 fully saturated rings. The quantitative estimate of drug-likeness (QED) is 0.822. The van der Waals surface area contributed by atoms with Gasteiger partial charge in [-0.15, -0.1) is 0 Å². The van der Waals surface area contributed by atoms with E-state index in [4.69, 9.17) is 0 Å². The molecule has 16 heavy (non-hydrogen) atoms. The van der Waals surface area contributed by atoms with Gasteiger partial charge in [-0.3, -0.25) is 0 Å². The van der Waals surface area contributed by atoms with Crippen LogP contribution in [0.15, 0.2) is 12.5 Å². The van der Waals surface area contributed by atoms with Gasteiger partial charge in [0.15, 0.2) is 0 Å². The average Bonchev–Trinajstić information content (AvgIpc) is 2.76. The number of hydrogen-bond donors (Lipinski definition) is 1. The lowest BCUT2D eigenvalue weighted by Crippen LogP contribution is -2.44. The van der Waals surface area contributed by atoms with Gasteiger partial charge in [0.25, 0.3) is 0 Å². The lowest BCUT2D eigenvalue weighted by atomic mass is 10.3. The van der Waals surface area contributed by atoms with Crippen molar-refractivity contribution in [1.82, 2.24) is 19.8 Å². The molecule has 0 saturated carbocycles. The van der Waals surface area contributed by atoms with Crippen molar-refractivity contribution in [2.75, 3.05) is 32.7 Å². The van der Waals surface area contributed by atoms with Crippen molar-refractivity contribution in [2.45, 2.75) is 26.3 Å². The van der Waals surface area contributed by atoms with Gasteiger partial charge in [-0.2, -0.15) is 0 Å². The van der Waals surface area contributed by atoms with E-state index in [1.165, 1.54) is 18.8 Å². The number of imidazole rings is 1. The van der Waals surface area contributed by atoms with Gasteiger partial charge in [0, 0.05) is 51.4 Å². The number of aromatic nitrogens is 2. The second-order valence-corrected chi connectivity index (χ2v) is 4.75. The van der Waals surface area contributed by atoms with Gasteiger partial charge in [-0.1, -0.05) is 0 Å². The molecule has 1 aliphatic heterocycles. The van der Waals surface area contributed by atoms with Crippen LogP contribution in [0.1, 0.15) is 25.6 Å². The van der Waals surface area contributed by atoms with Crippen molar-refractivity contribution >= 4 is 0 Å². The third-order valence-electron chi connectivity index (χ3n) is 3.15. The Balaban J connectivity index is 1.79. The van der Waals surface area contributed by atoms with Crippen molar-refractivity contribution in [3.05, 3.63) is 18.2 Å². The molecule has 0 bridgehead atoms. The molecule has 4 heteroatoms. The van der Waals surface area contributed by atoms with E-state index >= 15 is 0 Å². The van der Waals surface area contributed by atoms with Crippen LogP contribution in [0.4, 0.5) is 0 Å². The maximum Gasteiger partial charge on any atom is 0.0951 e. The van der Waals surface area contributed by atoms with Crippen LogP contribution in [0.25, 0.3) is 0 Å². The maximum absolute atomic E-state index is 4.44. The minimum absolute atomic E-state index is 0.514. The van der Waals surface area contributed by atoms with Crippen LogP contribution in [-0.2, 0) is 6.42 Å². The Labute approximate surface area is 97.7 Å². The largest absolute Gasteiger partial charge is 0.335 e. The number of nitrogens with one attached hydrogen (secondary N) is 1. The fourth-order valence-corrected chi connectivity index (χ4v) is 2.00. The van der Waals surface area contributed by atoms with E-state index in [1.54, 1.807) is 0 Å². The molecule has 0 amide bonds. The molecule has 4 nitrogen and oxygen atoms in total. The van der Waals surface area contributed by atoms with E-state index in [0.717, 1.165) is 26.1 Å². The Morgan fingerprint density at radius 1 is 1.38 bits per heavy atom. The fourth-order valence-electron chi connectivity index (χ4n) is 2.00. The molecule has 0 spiro atoms. The van der Waals surface area contributed by atoms with Gasteiger partial charge in [0.05, 0.1) is 12.0 Å². The number of hydrogen-bond acceptors (Lipinski definition) is 3. The van der Waals surface area contributed by atoms with E-state index < -0.39 is 0 Å². The average molecular weight is 222 g/mol. The molecule has 1 aromatic heterocycles. The smallest absolute Gasteiger partial charge is 0.0951 e. The van der Waals surface area contributed by atoms with E-state index in [1.807, 2.05) is 6.33 Å². The summed E-state index contributed by atoms with van der Waals surface area (Å²) in [6, 6.07) is 0.514. The van der Waals surface area contributed by atoms with Crippen molar-refractivity contribution in [3.63, 3.8) is 0 Å². The Bertz CT molecular complexity index is 313. The van der Waals surface area contributed by atoms with Crippen molar-refractivity contribution < 1.29 is 0 Å². The number of nitrogens with zero attached hydrogens (tertiary/aromatic N) is 3. The lowest BCUT2D eigenvalue weighted by molar-refractivity contribution is 0.243. The Kier molecular flexibility index (Phi) is 3.96. The van der Waals surface area contributed by atoms with Gasteiger partial charge in [0.1, 0.15) is 0 Å². The van der Waals surface area contributed by atoms with Crippen LogP contribution in [0.2, 0.25) is 0 Å². The Morgan fingerprint density at radius 2 is 2.12 bits per heavy atom. The second kappa shape index (κ2) is 5.46. The van der Waals surface area contributed by atoms with Crippen LogP contribution in [0.5, 0.6) is 0 Å². The van der Waals surface area contributed by atoms with Crippen LogP contribution in [0, 0.1) is 0 Å². The highest BCUT2D eigenvalue weighted by Crippen LogP contribution is 2.06. The summed E-state index contributed by atoms with van der Waals surface area (Å²) in [5.74, 6) is 0. The highest BCUT2D eigenvalue weighted by atomic mass is 15.2. The van der Waals surface area contributed by atoms with E-state index in [2.05, 4.69) is 39.8 Å². The number of rotatable bonds is 4. The van der Waals surface area contributed by atoms with E-state index in [0.29, 0.717) is 6.04 Å². The van der Waals surface area contributed by atoms with Gasteiger partial charge >= 0.3 is 0 Å². The van der Waals surface area contributed by atoms with Crippen molar-refractivity contribution in [1.29, 1.82) is 0 Å². The molecule has 0 aromatic carbocycles. The van der Waals surface area contributed by atoms with Crippen molar-refractivity contribution in [2.24, 2.45) is 0 Å². The summed E-state index contributed by atoms with van der Waals surface area (Å²) in [6.07, 6.45) is 5.18. The molecule has 0 radical (unpaired) electrons. The summed E-state index contributed by atoms with van der Waals surface area (Å²) in [5.41, 5.74) is 1.22. The summed E-state index contributed by atoms with van der Waals surface area (Å²) in [7, 11) is 0. The zero-order chi connectivity index (χ0) is 11.4. The minimum Gasteiger partial charge on any atom is -0.335 e. The molecule has 90 valence electrons. The van der Waals surface area contributed by atoms with Gasteiger partial charge in [-0.25, -0.2) is 4.98 Å². The zero-order valence-corrected chi connectivity index (χ0v) is 10.3. The zero-order valence-electron chi connectivity index (χ0n) is 10.3. The monoisotopic (exact) mass is 222 g/mol. The first kappa shape index (κ1) is 11.6. The predicted molar refractivity (Wildman–Crippen MR) is 65.6 cm³/mol. The van der Waals surface area contributed by atoms with Crippen molar-refractivity contribution in [3.8, 4) is 0 Å². The predicted octanol–water partition coefficient (Wildman–Crippen LogP) is 0.912. The third-order valence-corrected chi connectivity index (χ3v) is 3.15. The summed E-state index contributed by atoms with van der Waals surface area (Å²) in [4.78, 5) is 6.95. The topological polar surface area (TPSA) is 33.1 Å². The normalized spacial score (nSPS) is 18.2. The maximum atomic E-state index is 4.44. The van der Waals surface area contributed by atoms with Crippen LogP contribution in [0.3, 0.4) is 0 Å². The van der Waals surface area contributed by atoms with Gasteiger partial charge in [-0.05, 0) is 13.8 Å². The van der Waals surface area contributed by atoms with E-state index in [-0.39, 0.29) is 0 Å². The minimum atomic E-state index is 0.514. The fraction of sp³-hybridized carbons (Fsp3) is 0.750. The Hall–Kier alpha value is -0.870. The molecule has 1 saturated heterocycles. The Morgan fingerprint density at radius 3 is 2.75 bits per heavy atom. The molecular formula is C12H22N4. The molecule has 2 heterocycles. The van der Waals surface area contributed by atoms with E-state index in [9.17, 15) is 0 Å². The lowest BCUT2D eigenvalue weighted by Gasteiger charge is -2.26. The molecule has 1 aromatic rings. The van der Waals surface area contributed by atoms with Crippen LogP contribution >= 0.6 is 0 Å². The summed E-state index contributed by atoms with van der Waals surface area (Å²) in [5, 5.41) is 3.37. The molecule has 0 aliphatic carbocycles. The molecule has 0 unspecified atom stereocenters. The first-order chi connectivity index (χ1) is 7.75. The summed E-state index contributed by atoms with van der Waals surface area (Å²) >= 11 is 0. The molecule has 0 atom stereocenters. The highest BCUT2D eigenvalue weighted by molar-refractivity contribution is 4.98. The number of piperazine rings is 1. The molecule has 1 N–H and O–H groups in total. The first-order valence-electron chi connectivity index (χ1n) is 6.21. The van der Waals surface area contributed by atoms with Gasteiger partial charge in [0.2, 0.25) is 0 Å². The highest BCUT2D eigenvalue weighted by Gasteiger charge is 2.10. The third kappa shape index (κ3) is 3.06. The first-order valence-corrected chi connectivity index (χ1v) is 6.21. The second-order valence-electron chi connectivity index (χ2n) is 4.75. The molecule has 2 rings (SSSR count). The standard InChI is InChI=1S/C12H22N4/c1-11(2)16-9-12(14-10-16)3-6-15-7-4-13-5-8-15/h9-11,13H,3-8H2,1-2H3. The summed E-state index contributed by atoms with van der Waals surface area (Å²) in [6.45, 7) is 10.1.